The van der Waals surface area contributed by atoms with E-state index in [9.17, 15) is 4.39 Å². The highest BCUT2D eigenvalue weighted by Gasteiger charge is 2.29. The molecule has 98 valence electrons. The van der Waals surface area contributed by atoms with E-state index in [4.69, 9.17) is 22.7 Å². The van der Waals surface area contributed by atoms with Gasteiger partial charge in [0, 0.05) is 18.8 Å². The molecule has 1 aliphatic heterocycles. The summed E-state index contributed by atoms with van der Waals surface area (Å²) in [4.78, 5) is 0.0630. The van der Waals surface area contributed by atoms with Crippen molar-refractivity contribution in [2.45, 2.75) is 25.4 Å². The number of anilines is 1. The van der Waals surface area contributed by atoms with Gasteiger partial charge in [0.15, 0.2) is 0 Å². The minimum absolute atomic E-state index is 0.0630. The number of halogens is 1. The van der Waals surface area contributed by atoms with Crippen molar-refractivity contribution in [1.29, 1.82) is 0 Å². The average Bonchev–Trinajstić information content (AvgIpc) is 2.73. The summed E-state index contributed by atoms with van der Waals surface area (Å²) in [7, 11) is 0. The van der Waals surface area contributed by atoms with Crippen molar-refractivity contribution in [2.24, 2.45) is 5.73 Å². The number of nitrogens with one attached hydrogen (secondary N) is 1. The molecule has 0 bridgehead atoms. The molecule has 1 heterocycles. The normalized spacial score (nSPS) is 23.0. The van der Waals surface area contributed by atoms with Crippen LogP contribution in [0.5, 0.6) is 0 Å². The van der Waals surface area contributed by atoms with Gasteiger partial charge in [-0.2, -0.15) is 0 Å². The monoisotopic (exact) mass is 268 g/mol. The van der Waals surface area contributed by atoms with Crippen LogP contribution < -0.4 is 11.1 Å². The van der Waals surface area contributed by atoms with Gasteiger partial charge >= 0.3 is 0 Å². The number of hydrogen-bond donors (Lipinski definition) is 2. The molecule has 0 aromatic heterocycles. The molecule has 1 aliphatic rings. The summed E-state index contributed by atoms with van der Waals surface area (Å²) in [6.07, 6.45) is 2.06. The first-order chi connectivity index (χ1) is 8.52. The molecule has 1 aromatic carbocycles. The van der Waals surface area contributed by atoms with Crippen LogP contribution in [0.2, 0.25) is 0 Å². The maximum absolute atomic E-state index is 13.7. The number of rotatable bonds is 4. The van der Waals surface area contributed by atoms with E-state index in [1.165, 1.54) is 6.07 Å². The van der Waals surface area contributed by atoms with Crippen molar-refractivity contribution in [3.63, 3.8) is 0 Å². The van der Waals surface area contributed by atoms with E-state index >= 15 is 0 Å². The van der Waals surface area contributed by atoms with E-state index < -0.39 is 5.82 Å². The zero-order chi connectivity index (χ0) is 13.2. The Morgan fingerprint density at radius 3 is 3.00 bits per heavy atom. The highest BCUT2D eigenvalue weighted by molar-refractivity contribution is 7.80. The smallest absolute Gasteiger partial charge is 0.135 e. The van der Waals surface area contributed by atoms with Crippen LogP contribution in [0.25, 0.3) is 0 Å². The van der Waals surface area contributed by atoms with Gasteiger partial charge < -0.3 is 15.8 Å². The van der Waals surface area contributed by atoms with Gasteiger partial charge in [-0.05, 0) is 31.9 Å². The number of ether oxygens (including phenoxy) is 1. The largest absolute Gasteiger partial charge is 0.389 e. The fraction of sp³-hybridized carbons (Fsp3) is 0.462. The third-order valence-corrected chi connectivity index (χ3v) is 3.42. The van der Waals surface area contributed by atoms with Crippen LogP contribution in [0, 0.1) is 5.82 Å². The maximum atomic E-state index is 13.7. The van der Waals surface area contributed by atoms with Crippen LogP contribution >= 0.6 is 12.2 Å². The minimum atomic E-state index is -0.398. The SMILES string of the molecule is CC1(CNc2cccc(F)c2C(N)=S)CCCO1. The molecule has 18 heavy (non-hydrogen) atoms. The molecule has 0 saturated carbocycles. The van der Waals surface area contributed by atoms with E-state index in [1.54, 1.807) is 12.1 Å². The molecule has 0 radical (unpaired) electrons. The molecular formula is C13H17FN2OS. The predicted molar refractivity (Wildman–Crippen MR) is 74.4 cm³/mol. The van der Waals surface area contributed by atoms with E-state index in [1.807, 2.05) is 6.92 Å². The molecule has 2 rings (SSSR count). The molecule has 3 N–H and O–H groups in total. The van der Waals surface area contributed by atoms with Gasteiger partial charge in [-0.25, -0.2) is 4.39 Å². The van der Waals surface area contributed by atoms with Gasteiger partial charge in [0.05, 0.1) is 11.2 Å². The molecule has 5 heteroatoms. The predicted octanol–water partition coefficient (Wildman–Crippen LogP) is 2.44. The lowest BCUT2D eigenvalue weighted by atomic mass is 10.0. The standard InChI is InChI=1S/C13H17FN2OS/c1-13(6-3-7-17-13)8-16-10-5-2-4-9(14)11(10)12(15)18/h2,4-5,16H,3,6-8H2,1H3,(H2,15,18). The van der Waals surface area contributed by atoms with Gasteiger partial charge in [0.25, 0.3) is 0 Å². The Balaban J connectivity index is 2.14. The number of benzene rings is 1. The summed E-state index contributed by atoms with van der Waals surface area (Å²) in [6, 6.07) is 4.76. The molecule has 1 fully saturated rings. The summed E-state index contributed by atoms with van der Waals surface area (Å²) in [5, 5.41) is 3.19. The Morgan fingerprint density at radius 2 is 2.39 bits per heavy atom. The molecule has 1 unspecified atom stereocenters. The molecule has 0 amide bonds. The van der Waals surface area contributed by atoms with Crippen LogP contribution in [0.1, 0.15) is 25.3 Å². The first-order valence-electron chi connectivity index (χ1n) is 5.98. The van der Waals surface area contributed by atoms with Gasteiger partial charge in [-0.3, -0.25) is 0 Å². The molecule has 1 atom stereocenters. The Hall–Kier alpha value is -1.20. The minimum Gasteiger partial charge on any atom is -0.389 e. The summed E-state index contributed by atoms with van der Waals surface area (Å²) >= 11 is 4.88. The second-order valence-corrected chi connectivity index (χ2v) is 5.22. The zero-order valence-electron chi connectivity index (χ0n) is 10.3. The Kier molecular flexibility index (Phi) is 3.82. The molecule has 0 aliphatic carbocycles. The van der Waals surface area contributed by atoms with Crippen molar-refractivity contribution in [3.05, 3.63) is 29.6 Å². The van der Waals surface area contributed by atoms with E-state index in [2.05, 4.69) is 5.32 Å². The van der Waals surface area contributed by atoms with Gasteiger partial charge in [0.1, 0.15) is 10.8 Å². The lowest BCUT2D eigenvalue weighted by Crippen LogP contribution is -2.33. The van der Waals surface area contributed by atoms with Crippen LogP contribution in [-0.4, -0.2) is 23.7 Å². The topological polar surface area (TPSA) is 47.3 Å². The zero-order valence-corrected chi connectivity index (χ0v) is 11.1. The molecule has 1 saturated heterocycles. The molecular weight excluding hydrogens is 251 g/mol. The van der Waals surface area contributed by atoms with Crippen molar-refractivity contribution >= 4 is 22.9 Å². The lowest BCUT2D eigenvalue weighted by Gasteiger charge is -2.24. The van der Waals surface area contributed by atoms with Crippen molar-refractivity contribution in [1.82, 2.24) is 0 Å². The van der Waals surface area contributed by atoms with E-state index in [0.29, 0.717) is 12.2 Å². The molecule has 1 aromatic rings. The Morgan fingerprint density at radius 1 is 1.61 bits per heavy atom. The first kappa shape index (κ1) is 13.2. The van der Waals surface area contributed by atoms with Crippen LogP contribution in [-0.2, 0) is 4.74 Å². The second-order valence-electron chi connectivity index (χ2n) is 4.78. The van der Waals surface area contributed by atoms with Crippen molar-refractivity contribution in [3.8, 4) is 0 Å². The highest BCUT2D eigenvalue weighted by Crippen LogP contribution is 2.26. The van der Waals surface area contributed by atoms with Crippen molar-refractivity contribution < 1.29 is 9.13 Å². The molecule has 3 nitrogen and oxygen atoms in total. The summed E-state index contributed by atoms with van der Waals surface area (Å²) < 4.78 is 19.3. The van der Waals surface area contributed by atoms with Gasteiger partial charge in [-0.15, -0.1) is 0 Å². The fourth-order valence-electron chi connectivity index (χ4n) is 2.18. The number of thiocarbonyl (C=S) groups is 1. The van der Waals surface area contributed by atoms with Crippen LogP contribution in [0.15, 0.2) is 18.2 Å². The Labute approximate surface area is 112 Å². The van der Waals surface area contributed by atoms with Crippen molar-refractivity contribution in [2.75, 3.05) is 18.5 Å². The quantitative estimate of drug-likeness (QED) is 0.823. The maximum Gasteiger partial charge on any atom is 0.135 e. The third kappa shape index (κ3) is 2.79. The van der Waals surface area contributed by atoms with Crippen LogP contribution in [0.4, 0.5) is 10.1 Å². The average molecular weight is 268 g/mol. The summed E-state index contributed by atoms with van der Waals surface area (Å²) in [5.41, 5.74) is 6.25. The molecule has 0 spiro atoms. The first-order valence-corrected chi connectivity index (χ1v) is 6.39. The Bertz CT molecular complexity index is 458. The van der Waals surface area contributed by atoms with E-state index in [-0.39, 0.29) is 16.2 Å². The van der Waals surface area contributed by atoms with Gasteiger partial charge in [-0.1, -0.05) is 18.3 Å². The summed E-state index contributed by atoms with van der Waals surface area (Å²) in [5.74, 6) is -0.398. The lowest BCUT2D eigenvalue weighted by molar-refractivity contribution is 0.0315. The van der Waals surface area contributed by atoms with Crippen LogP contribution in [0.3, 0.4) is 0 Å². The highest BCUT2D eigenvalue weighted by atomic mass is 32.1. The van der Waals surface area contributed by atoms with E-state index in [0.717, 1.165) is 19.4 Å². The summed E-state index contributed by atoms with van der Waals surface area (Å²) in [6.45, 7) is 3.45. The van der Waals surface area contributed by atoms with Gasteiger partial charge in [0.2, 0.25) is 0 Å². The number of hydrogen-bond acceptors (Lipinski definition) is 3. The second kappa shape index (κ2) is 5.20. The fourth-order valence-corrected chi connectivity index (χ4v) is 2.39. The third-order valence-electron chi connectivity index (χ3n) is 3.21. The number of nitrogens with two attached hydrogens (primary N) is 1.